The molecule has 156 valence electrons. The van der Waals surface area contributed by atoms with E-state index < -0.39 is 15.1 Å². The molecule has 0 bridgehead atoms. The molecule has 4 rings (SSSR count). The van der Waals surface area contributed by atoms with Crippen LogP contribution in [-0.4, -0.2) is 47.7 Å². The van der Waals surface area contributed by atoms with Crippen LogP contribution in [0.15, 0.2) is 59.9 Å². The molecule has 0 fully saturated rings. The number of hydrogen-bond acceptors (Lipinski definition) is 6. The summed E-state index contributed by atoms with van der Waals surface area (Å²) in [7, 11) is 0.590. The van der Waals surface area contributed by atoms with Crippen molar-refractivity contribution in [3.8, 4) is 22.4 Å². The predicted molar refractivity (Wildman–Crippen MR) is 121 cm³/mol. The Kier molecular flexibility index (Phi) is 5.03. The first-order chi connectivity index (χ1) is 14.3. The Morgan fingerprint density at radius 2 is 1.67 bits per heavy atom. The lowest BCUT2D eigenvalue weighted by atomic mass is 10.1. The lowest BCUT2D eigenvalue weighted by Crippen LogP contribution is -2.13. The highest BCUT2D eigenvalue weighted by Crippen LogP contribution is 2.29. The van der Waals surface area contributed by atoms with E-state index in [0.717, 1.165) is 28.0 Å². The highest BCUT2D eigenvalue weighted by molar-refractivity contribution is 7.92. The van der Waals surface area contributed by atoms with Crippen LogP contribution in [0.5, 0.6) is 0 Å². The second kappa shape index (κ2) is 7.53. The number of hydrogen-bond donors (Lipinski definition) is 1. The second-order valence-electron chi connectivity index (χ2n) is 7.57. The molecular formula is C22H25N5O2S. The van der Waals surface area contributed by atoms with Gasteiger partial charge in [-0.1, -0.05) is 12.1 Å². The Morgan fingerprint density at radius 1 is 0.967 bits per heavy atom. The number of pyridine rings is 1. The van der Waals surface area contributed by atoms with Crippen molar-refractivity contribution in [1.29, 1.82) is 0 Å². The van der Waals surface area contributed by atoms with Gasteiger partial charge in [-0.25, -0.2) is 23.4 Å². The van der Waals surface area contributed by atoms with Gasteiger partial charge in [-0.3, -0.25) is 0 Å². The molecule has 8 heteroatoms. The van der Waals surface area contributed by atoms with Crippen LogP contribution in [0.1, 0.15) is 15.3 Å². The zero-order chi connectivity index (χ0) is 21.5. The van der Waals surface area contributed by atoms with Gasteiger partial charge in [0.2, 0.25) is 0 Å². The standard InChI is InChI=1S/C22H23N5O2S.H2/c1-14(2)30(28,29)17-8-5-15(6-9-17)19-13-25-22-21(26-19)18(12-24-22)16-7-10-20(23-11-16)27(3)4;/h5-14H,1-4H3,(H,24,25);1H. The fourth-order valence-corrected chi connectivity index (χ4v) is 4.21. The summed E-state index contributed by atoms with van der Waals surface area (Å²) in [6.07, 6.45) is 5.37. The van der Waals surface area contributed by atoms with Crippen molar-refractivity contribution in [2.75, 3.05) is 19.0 Å². The molecule has 0 aliphatic rings. The molecule has 0 unspecified atom stereocenters. The zero-order valence-corrected chi connectivity index (χ0v) is 18.1. The summed E-state index contributed by atoms with van der Waals surface area (Å²) >= 11 is 0. The highest BCUT2D eigenvalue weighted by atomic mass is 32.2. The number of benzene rings is 1. The average molecular weight is 424 g/mol. The molecule has 3 heterocycles. The summed E-state index contributed by atoms with van der Waals surface area (Å²) in [5.74, 6) is 0.877. The van der Waals surface area contributed by atoms with Crippen LogP contribution in [0.4, 0.5) is 5.82 Å². The van der Waals surface area contributed by atoms with E-state index in [2.05, 4.69) is 15.0 Å². The smallest absolute Gasteiger partial charge is 0.180 e. The maximum Gasteiger partial charge on any atom is 0.180 e. The van der Waals surface area contributed by atoms with Crippen molar-refractivity contribution < 1.29 is 9.84 Å². The minimum atomic E-state index is -3.31. The van der Waals surface area contributed by atoms with Gasteiger partial charge in [0.15, 0.2) is 15.5 Å². The van der Waals surface area contributed by atoms with Gasteiger partial charge in [0, 0.05) is 44.6 Å². The third kappa shape index (κ3) is 3.54. The topological polar surface area (TPSA) is 91.8 Å². The molecule has 3 aromatic heterocycles. The summed E-state index contributed by atoms with van der Waals surface area (Å²) in [5, 5.41) is -0.464. The van der Waals surface area contributed by atoms with E-state index in [9.17, 15) is 8.42 Å². The van der Waals surface area contributed by atoms with E-state index in [4.69, 9.17) is 4.98 Å². The molecule has 0 saturated heterocycles. The molecule has 7 nitrogen and oxygen atoms in total. The Balaban J connectivity index is 0.00000272. The highest BCUT2D eigenvalue weighted by Gasteiger charge is 2.19. The molecule has 1 N–H and O–H groups in total. The van der Waals surface area contributed by atoms with Crippen LogP contribution in [0.25, 0.3) is 33.5 Å². The number of nitrogens with zero attached hydrogens (tertiary/aromatic N) is 4. The van der Waals surface area contributed by atoms with Gasteiger partial charge in [0.05, 0.1) is 22.0 Å². The quantitative estimate of drug-likeness (QED) is 0.518. The number of aromatic amines is 1. The van der Waals surface area contributed by atoms with E-state index in [1.165, 1.54) is 0 Å². The predicted octanol–water partition coefficient (Wildman–Crippen LogP) is 4.18. The molecule has 0 saturated carbocycles. The minimum Gasteiger partial charge on any atom is -0.363 e. The molecule has 0 aliphatic heterocycles. The molecule has 0 spiro atoms. The van der Waals surface area contributed by atoms with Gasteiger partial charge in [-0.2, -0.15) is 0 Å². The van der Waals surface area contributed by atoms with Gasteiger partial charge < -0.3 is 9.88 Å². The summed E-state index contributed by atoms with van der Waals surface area (Å²) in [6.45, 7) is 3.35. The molecule has 30 heavy (non-hydrogen) atoms. The molecule has 0 amide bonds. The summed E-state index contributed by atoms with van der Waals surface area (Å²) in [5.41, 5.74) is 4.76. The molecular weight excluding hydrogens is 398 g/mol. The third-order valence-electron chi connectivity index (χ3n) is 5.00. The van der Waals surface area contributed by atoms with E-state index in [1.807, 2.05) is 43.5 Å². The Labute approximate surface area is 177 Å². The largest absolute Gasteiger partial charge is 0.363 e. The first-order valence-electron chi connectivity index (χ1n) is 9.59. The minimum absolute atomic E-state index is 0. The maximum atomic E-state index is 12.3. The number of nitrogens with one attached hydrogen (secondary N) is 1. The molecule has 0 radical (unpaired) electrons. The summed E-state index contributed by atoms with van der Waals surface area (Å²) < 4.78 is 24.7. The van der Waals surface area contributed by atoms with Crippen LogP contribution in [0.3, 0.4) is 0 Å². The Hall–Kier alpha value is -3.26. The van der Waals surface area contributed by atoms with Gasteiger partial charge in [0.1, 0.15) is 11.3 Å². The second-order valence-corrected chi connectivity index (χ2v) is 10.1. The van der Waals surface area contributed by atoms with Gasteiger partial charge in [-0.15, -0.1) is 0 Å². The number of aromatic nitrogens is 4. The van der Waals surface area contributed by atoms with E-state index in [0.29, 0.717) is 16.2 Å². The zero-order valence-electron chi connectivity index (χ0n) is 17.3. The van der Waals surface area contributed by atoms with Crippen LogP contribution < -0.4 is 4.90 Å². The number of sulfone groups is 1. The first-order valence-corrected chi connectivity index (χ1v) is 11.1. The van der Waals surface area contributed by atoms with Crippen LogP contribution in [0, 0.1) is 0 Å². The number of H-pyrrole nitrogens is 1. The third-order valence-corrected chi connectivity index (χ3v) is 7.17. The van der Waals surface area contributed by atoms with Crippen molar-refractivity contribution in [3.05, 3.63) is 55.0 Å². The molecule has 0 aliphatic carbocycles. The van der Waals surface area contributed by atoms with E-state index in [1.54, 1.807) is 44.3 Å². The number of fused-ring (bicyclic) bond motifs is 1. The maximum absolute atomic E-state index is 12.3. The van der Waals surface area contributed by atoms with Crippen LogP contribution in [-0.2, 0) is 9.84 Å². The van der Waals surface area contributed by atoms with Gasteiger partial charge in [-0.05, 0) is 38.1 Å². The van der Waals surface area contributed by atoms with Gasteiger partial charge in [0.25, 0.3) is 0 Å². The van der Waals surface area contributed by atoms with E-state index in [-0.39, 0.29) is 1.43 Å². The first kappa shape index (κ1) is 20.0. The normalized spacial score (nSPS) is 11.9. The summed E-state index contributed by atoms with van der Waals surface area (Å²) in [6, 6.07) is 10.7. The average Bonchev–Trinajstić information content (AvgIpc) is 3.17. The number of anilines is 1. The number of rotatable bonds is 5. The fourth-order valence-electron chi connectivity index (χ4n) is 3.15. The van der Waals surface area contributed by atoms with Crippen molar-refractivity contribution >= 4 is 26.8 Å². The lowest BCUT2D eigenvalue weighted by Gasteiger charge is -2.11. The molecule has 4 aromatic rings. The van der Waals surface area contributed by atoms with Crippen molar-refractivity contribution in [2.24, 2.45) is 0 Å². The van der Waals surface area contributed by atoms with Crippen LogP contribution in [0.2, 0.25) is 0 Å². The Bertz CT molecular complexity index is 1300. The molecule has 0 atom stereocenters. The van der Waals surface area contributed by atoms with Crippen molar-refractivity contribution in [3.63, 3.8) is 0 Å². The van der Waals surface area contributed by atoms with E-state index >= 15 is 0 Å². The molecule has 1 aromatic carbocycles. The van der Waals surface area contributed by atoms with Crippen molar-refractivity contribution in [2.45, 2.75) is 24.0 Å². The van der Waals surface area contributed by atoms with Crippen LogP contribution >= 0.6 is 0 Å². The lowest BCUT2D eigenvalue weighted by molar-refractivity contribution is 0.587. The Morgan fingerprint density at radius 3 is 2.27 bits per heavy atom. The summed E-state index contributed by atoms with van der Waals surface area (Å²) in [4.78, 5) is 19.2. The van der Waals surface area contributed by atoms with Gasteiger partial charge >= 0.3 is 0 Å². The SMILES string of the molecule is CC(C)S(=O)(=O)c1ccc(-c2cnc3[nH]cc(-c4ccc(N(C)C)nc4)c3n2)cc1.[HH]. The fraction of sp³-hybridized carbons (Fsp3) is 0.227. The van der Waals surface area contributed by atoms with Crippen molar-refractivity contribution in [1.82, 2.24) is 19.9 Å². The monoisotopic (exact) mass is 423 g/mol.